The zero-order chi connectivity index (χ0) is 28.2. The molecule has 12 heteroatoms. The van der Waals surface area contributed by atoms with Gasteiger partial charge in [-0.15, -0.1) is 0 Å². The van der Waals surface area contributed by atoms with E-state index in [1.54, 1.807) is 35.4 Å². The van der Waals surface area contributed by atoms with Crippen LogP contribution in [0.4, 0.5) is 15.0 Å². The first-order chi connectivity index (χ1) is 19.3. The van der Waals surface area contributed by atoms with Gasteiger partial charge in [-0.2, -0.15) is 0 Å². The van der Waals surface area contributed by atoms with Gasteiger partial charge in [0.05, 0.1) is 37.2 Å². The van der Waals surface area contributed by atoms with Crippen LogP contribution in [-0.4, -0.2) is 72.3 Å². The average Bonchev–Trinajstić information content (AvgIpc) is 3.14. The molecule has 0 unspecified atom stereocenters. The van der Waals surface area contributed by atoms with Crippen molar-refractivity contribution in [1.29, 1.82) is 0 Å². The summed E-state index contributed by atoms with van der Waals surface area (Å²) in [6.07, 6.45) is 5.32. The average molecular weight is 564 g/mol. The van der Waals surface area contributed by atoms with Crippen molar-refractivity contribution >= 4 is 40.7 Å². The molecule has 0 spiro atoms. The van der Waals surface area contributed by atoms with E-state index in [1.807, 2.05) is 4.90 Å². The van der Waals surface area contributed by atoms with Crippen molar-refractivity contribution in [1.82, 2.24) is 20.2 Å². The lowest BCUT2D eigenvalue weighted by molar-refractivity contribution is -0.115. The Bertz CT molecular complexity index is 1490. The zero-order valence-corrected chi connectivity index (χ0v) is 22.7. The Kier molecular flexibility index (Phi) is 7.96. The number of benzene rings is 2. The topological polar surface area (TPSA) is 114 Å². The molecule has 206 valence electrons. The number of carbonyl (C=O) groups is 3. The summed E-state index contributed by atoms with van der Waals surface area (Å²) in [5, 5.41) is 1.76. The molecule has 2 saturated heterocycles. The highest BCUT2D eigenvalue weighted by Gasteiger charge is 2.25. The number of aromatic nitrogens is 2. The predicted octanol–water partition coefficient (Wildman–Crippen LogP) is 3.98. The number of hydrogen-bond acceptors (Lipinski definition) is 9. The van der Waals surface area contributed by atoms with E-state index >= 15 is 0 Å². The fourth-order valence-electron chi connectivity index (χ4n) is 4.50. The third-order valence-corrected chi connectivity index (χ3v) is 7.34. The predicted molar refractivity (Wildman–Crippen MR) is 149 cm³/mol. The molecule has 2 fully saturated rings. The molecule has 2 aromatic carbocycles. The second kappa shape index (κ2) is 11.7. The summed E-state index contributed by atoms with van der Waals surface area (Å²) in [5.41, 5.74) is 1.58. The normalized spacial score (nSPS) is 16.6. The fourth-order valence-corrected chi connectivity index (χ4v) is 5.18. The van der Waals surface area contributed by atoms with Crippen molar-refractivity contribution in [2.45, 2.75) is 6.42 Å². The van der Waals surface area contributed by atoms with Gasteiger partial charge in [0.2, 0.25) is 0 Å². The molecule has 0 aliphatic carbocycles. The number of nitrogens with zero attached hydrogens (tertiary/aromatic N) is 4. The summed E-state index contributed by atoms with van der Waals surface area (Å²) in [5.74, 6) is 0.545. The molecule has 0 saturated carbocycles. The molecule has 3 aromatic rings. The Morgan fingerprint density at radius 1 is 1.02 bits per heavy atom. The highest BCUT2D eigenvalue weighted by Crippen LogP contribution is 2.29. The molecule has 40 heavy (non-hydrogen) atoms. The number of halogens is 1. The van der Waals surface area contributed by atoms with Crippen LogP contribution in [0.3, 0.4) is 0 Å². The molecule has 2 aliphatic rings. The number of thioether (sulfide) groups is 1. The maximum absolute atomic E-state index is 14.9. The van der Waals surface area contributed by atoms with Gasteiger partial charge in [0.25, 0.3) is 17.1 Å². The van der Waals surface area contributed by atoms with Gasteiger partial charge in [-0.05, 0) is 54.1 Å². The number of hydrogen-bond donors (Lipinski definition) is 1. The molecular formula is C28H26FN5O5S. The molecule has 5 rings (SSSR count). The van der Waals surface area contributed by atoms with Crippen LogP contribution >= 0.6 is 11.8 Å². The molecule has 0 radical (unpaired) electrons. The standard InChI is InChI=1S/C28H26FN5O5S/c1-38-19-12-18(13-20(14-19)39-2)27(36)34-7-3-6-33(8-9-34)25-16-30-15-23(31-25)21-10-17(4-5-22(21)29)11-24-26(35)32-28(37)40-24/h4-5,10-16H,3,6-9H2,1-2H3,(H,32,35,37). The first kappa shape index (κ1) is 27.1. The lowest BCUT2D eigenvalue weighted by Gasteiger charge is -2.23. The number of imide groups is 1. The third kappa shape index (κ3) is 5.91. The minimum atomic E-state index is -0.491. The quantitative estimate of drug-likeness (QED) is 0.445. The van der Waals surface area contributed by atoms with E-state index < -0.39 is 17.0 Å². The Morgan fingerprint density at radius 3 is 2.50 bits per heavy atom. The second-order valence-corrected chi connectivity index (χ2v) is 10.1. The number of amides is 3. The van der Waals surface area contributed by atoms with Crippen molar-refractivity contribution in [2.24, 2.45) is 0 Å². The smallest absolute Gasteiger partial charge is 0.290 e. The Balaban J connectivity index is 1.33. The van der Waals surface area contributed by atoms with Crippen LogP contribution in [0.5, 0.6) is 11.5 Å². The molecule has 1 N–H and O–H groups in total. The summed E-state index contributed by atoms with van der Waals surface area (Å²) in [7, 11) is 3.08. The first-order valence-electron chi connectivity index (χ1n) is 12.5. The molecular weight excluding hydrogens is 537 g/mol. The van der Waals surface area contributed by atoms with Crippen LogP contribution in [0.2, 0.25) is 0 Å². The Labute approximate surface area is 234 Å². The molecule has 10 nitrogen and oxygen atoms in total. The van der Waals surface area contributed by atoms with Crippen LogP contribution in [0.1, 0.15) is 22.3 Å². The van der Waals surface area contributed by atoms with E-state index in [4.69, 9.17) is 9.47 Å². The summed E-state index contributed by atoms with van der Waals surface area (Å²) in [6.45, 7) is 2.17. The SMILES string of the molecule is COc1cc(OC)cc(C(=O)N2CCCN(c3cncc(-c4cc(C=C5SC(=O)NC5=O)ccc4F)n3)CC2)c1. The number of ether oxygens (including phenoxy) is 2. The number of rotatable bonds is 6. The zero-order valence-electron chi connectivity index (χ0n) is 21.8. The fraction of sp³-hybridized carbons (Fsp3) is 0.250. The van der Waals surface area contributed by atoms with E-state index in [1.165, 1.54) is 38.6 Å². The largest absolute Gasteiger partial charge is 0.497 e. The number of methoxy groups -OCH3 is 2. The van der Waals surface area contributed by atoms with E-state index in [2.05, 4.69) is 15.3 Å². The van der Waals surface area contributed by atoms with E-state index in [9.17, 15) is 18.8 Å². The summed E-state index contributed by atoms with van der Waals surface area (Å²) in [6, 6.07) is 9.48. The molecule has 0 atom stereocenters. The number of nitrogens with one attached hydrogen (secondary N) is 1. The van der Waals surface area contributed by atoms with Crippen molar-refractivity contribution in [2.75, 3.05) is 45.3 Å². The minimum Gasteiger partial charge on any atom is -0.497 e. The number of carbonyl (C=O) groups excluding carboxylic acids is 3. The van der Waals surface area contributed by atoms with Crippen LogP contribution in [-0.2, 0) is 4.79 Å². The van der Waals surface area contributed by atoms with Crippen LogP contribution in [0.25, 0.3) is 17.3 Å². The Morgan fingerprint density at radius 2 is 1.80 bits per heavy atom. The molecule has 2 aliphatic heterocycles. The van der Waals surface area contributed by atoms with Crippen molar-refractivity contribution in [3.05, 3.63) is 70.6 Å². The maximum Gasteiger partial charge on any atom is 0.290 e. The third-order valence-electron chi connectivity index (χ3n) is 6.53. The molecule has 0 bridgehead atoms. The van der Waals surface area contributed by atoms with E-state index in [-0.39, 0.29) is 16.4 Å². The summed E-state index contributed by atoms with van der Waals surface area (Å²) in [4.78, 5) is 49.6. The van der Waals surface area contributed by atoms with E-state index in [0.717, 1.165) is 11.8 Å². The monoisotopic (exact) mass is 563 g/mol. The highest BCUT2D eigenvalue weighted by atomic mass is 32.2. The first-order valence-corrected chi connectivity index (χ1v) is 13.3. The van der Waals surface area contributed by atoms with Crippen LogP contribution < -0.4 is 19.7 Å². The second-order valence-electron chi connectivity index (χ2n) is 9.09. The highest BCUT2D eigenvalue weighted by molar-refractivity contribution is 8.18. The van der Waals surface area contributed by atoms with Crippen molar-refractivity contribution < 1.29 is 28.2 Å². The van der Waals surface area contributed by atoms with Gasteiger partial charge >= 0.3 is 0 Å². The summed E-state index contributed by atoms with van der Waals surface area (Å²) >= 11 is 0.795. The van der Waals surface area contributed by atoms with Gasteiger partial charge < -0.3 is 19.3 Å². The van der Waals surface area contributed by atoms with Gasteiger partial charge in [-0.25, -0.2) is 9.37 Å². The van der Waals surface area contributed by atoms with Gasteiger partial charge in [0.15, 0.2) is 0 Å². The van der Waals surface area contributed by atoms with Gasteiger partial charge in [-0.3, -0.25) is 24.7 Å². The lowest BCUT2D eigenvalue weighted by atomic mass is 10.1. The van der Waals surface area contributed by atoms with Crippen LogP contribution in [0.15, 0.2) is 53.7 Å². The van der Waals surface area contributed by atoms with Gasteiger partial charge in [0.1, 0.15) is 23.1 Å². The molecule has 3 amide bonds. The van der Waals surface area contributed by atoms with E-state index in [0.29, 0.717) is 66.7 Å². The van der Waals surface area contributed by atoms with Crippen LogP contribution in [0, 0.1) is 5.82 Å². The van der Waals surface area contributed by atoms with Crippen molar-refractivity contribution in [3.8, 4) is 22.8 Å². The minimum absolute atomic E-state index is 0.123. The summed E-state index contributed by atoms with van der Waals surface area (Å²) < 4.78 is 25.5. The Hall–Kier alpha value is -4.45. The van der Waals surface area contributed by atoms with Gasteiger partial charge in [0, 0.05) is 43.4 Å². The molecule has 1 aromatic heterocycles. The van der Waals surface area contributed by atoms with Gasteiger partial charge in [-0.1, -0.05) is 6.07 Å². The maximum atomic E-state index is 14.9. The number of anilines is 1. The van der Waals surface area contributed by atoms with Crippen molar-refractivity contribution in [3.63, 3.8) is 0 Å². The lowest BCUT2D eigenvalue weighted by Crippen LogP contribution is -2.35. The molecule has 3 heterocycles.